The van der Waals surface area contributed by atoms with Crippen LogP contribution in [0.15, 0.2) is 0 Å². The summed E-state index contributed by atoms with van der Waals surface area (Å²) in [6, 6.07) is 0. The van der Waals surface area contributed by atoms with Crippen LogP contribution < -0.4 is 0 Å². The molecule has 3 heteroatoms. The van der Waals surface area contributed by atoms with Gasteiger partial charge in [-0.1, -0.05) is 19.8 Å². The van der Waals surface area contributed by atoms with Crippen molar-refractivity contribution in [2.45, 2.75) is 64.6 Å². The molecule has 0 amide bonds. The first-order valence-corrected chi connectivity index (χ1v) is 6.03. The molecule has 3 nitrogen and oxygen atoms in total. The van der Waals surface area contributed by atoms with Crippen LogP contribution >= 0.6 is 0 Å². The van der Waals surface area contributed by atoms with E-state index in [0.717, 1.165) is 19.3 Å². The maximum absolute atomic E-state index is 10.9. The third-order valence-corrected chi connectivity index (χ3v) is 2.80. The molecule has 0 spiro atoms. The van der Waals surface area contributed by atoms with Gasteiger partial charge in [0.15, 0.2) is 0 Å². The van der Waals surface area contributed by atoms with Crippen LogP contribution in [0.3, 0.4) is 0 Å². The molecular weight excluding hydrogens is 192 g/mol. The van der Waals surface area contributed by atoms with E-state index in [9.17, 15) is 4.79 Å². The molecule has 0 bridgehead atoms. The molecule has 1 fully saturated rings. The fraction of sp³-hybridized carbons (Fsp3) is 0.917. The highest BCUT2D eigenvalue weighted by Crippen LogP contribution is 2.20. The van der Waals surface area contributed by atoms with Crippen LogP contribution in [0.25, 0.3) is 0 Å². The van der Waals surface area contributed by atoms with Crippen molar-refractivity contribution < 1.29 is 14.3 Å². The molecule has 2 atom stereocenters. The van der Waals surface area contributed by atoms with E-state index in [1.54, 1.807) is 0 Å². The lowest BCUT2D eigenvalue weighted by Gasteiger charge is -2.18. The summed E-state index contributed by atoms with van der Waals surface area (Å²) in [6.07, 6.45) is 6.70. The van der Waals surface area contributed by atoms with E-state index in [4.69, 9.17) is 9.47 Å². The molecule has 1 aliphatic heterocycles. The third-order valence-electron chi connectivity index (χ3n) is 2.80. The Hall–Kier alpha value is -0.570. The van der Waals surface area contributed by atoms with Crippen molar-refractivity contribution in [1.29, 1.82) is 0 Å². The summed E-state index contributed by atoms with van der Waals surface area (Å²) in [5.74, 6) is -0.114. The predicted molar refractivity (Wildman–Crippen MR) is 58.7 cm³/mol. The number of carbonyl (C=O) groups is 1. The number of carbonyl (C=O) groups excluding carboxylic acids is 1. The van der Waals surface area contributed by atoms with Crippen LogP contribution in [0, 0.1) is 0 Å². The third kappa shape index (κ3) is 5.17. The van der Waals surface area contributed by atoms with Crippen molar-refractivity contribution in [3.8, 4) is 0 Å². The largest absolute Gasteiger partial charge is 0.466 e. The molecule has 0 aromatic heterocycles. The van der Waals surface area contributed by atoms with Crippen molar-refractivity contribution in [3.63, 3.8) is 0 Å². The van der Waals surface area contributed by atoms with Gasteiger partial charge in [-0.25, -0.2) is 0 Å². The van der Waals surface area contributed by atoms with Crippen LogP contribution in [0.1, 0.15) is 52.4 Å². The van der Waals surface area contributed by atoms with Crippen molar-refractivity contribution in [2.75, 3.05) is 6.61 Å². The molecule has 1 heterocycles. The van der Waals surface area contributed by atoms with E-state index in [-0.39, 0.29) is 12.1 Å². The van der Waals surface area contributed by atoms with E-state index in [1.807, 2.05) is 6.92 Å². The number of esters is 1. The molecule has 0 aromatic rings. The Kier molecular flexibility index (Phi) is 5.69. The summed E-state index contributed by atoms with van der Waals surface area (Å²) in [6.45, 7) is 4.44. The molecule has 2 unspecified atom stereocenters. The summed E-state index contributed by atoms with van der Waals surface area (Å²) < 4.78 is 10.9. The minimum absolute atomic E-state index is 0.114. The molecule has 1 rings (SSSR count). The first kappa shape index (κ1) is 12.5. The van der Waals surface area contributed by atoms with E-state index in [2.05, 4.69) is 6.92 Å². The number of ether oxygens (including phenoxy) is 2. The summed E-state index contributed by atoms with van der Waals surface area (Å²) in [5.41, 5.74) is 0. The van der Waals surface area contributed by atoms with Crippen LogP contribution in [0.5, 0.6) is 0 Å². The molecule has 15 heavy (non-hydrogen) atoms. The highest BCUT2D eigenvalue weighted by atomic mass is 16.5. The molecule has 0 aliphatic carbocycles. The molecule has 0 saturated carbocycles. The van der Waals surface area contributed by atoms with Gasteiger partial charge < -0.3 is 9.47 Å². The average molecular weight is 214 g/mol. The van der Waals surface area contributed by atoms with E-state index < -0.39 is 0 Å². The average Bonchev–Trinajstić information content (AvgIpc) is 2.42. The maximum Gasteiger partial charge on any atom is 0.305 e. The van der Waals surface area contributed by atoms with Gasteiger partial charge in [-0.15, -0.1) is 0 Å². The van der Waals surface area contributed by atoms with Gasteiger partial charge in [0, 0.05) is 12.8 Å². The van der Waals surface area contributed by atoms with Gasteiger partial charge >= 0.3 is 5.97 Å². The second kappa shape index (κ2) is 6.83. The Morgan fingerprint density at radius 3 is 2.87 bits per heavy atom. The fourth-order valence-corrected chi connectivity index (χ4v) is 1.89. The van der Waals surface area contributed by atoms with Gasteiger partial charge in [-0.3, -0.25) is 4.79 Å². The lowest BCUT2D eigenvalue weighted by molar-refractivity contribution is -0.144. The Labute approximate surface area is 92.1 Å². The summed E-state index contributed by atoms with van der Waals surface area (Å²) >= 11 is 0. The zero-order valence-corrected chi connectivity index (χ0v) is 9.83. The van der Waals surface area contributed by atoms with Crippen molar-refractivity contribution >= 4 is 5.97 Å². The van der Waals surface area contributed by atoms with Gasteiger partial charge in [0.1, 0.15) is 0 Å². The first-order chi connectivity index (χ1) is 7.22. The van der Waals surface area contributed by atoms with Gasteiger partial charge in [0.25, 0.3) is 0 Å². The van der Waals surface area contributed by atoms with Crippen LogP contribution in [0.2, 0.25) is 0 Å². The SMILES string of the molecule is CCC(=O)OCCC1CCCCC(C)O1. The quantitative estimate of drug-likeness (QED) is 0.675. The standard InChI is InChI=1S/C12H22O3/c1-3-12(13)14-9-8-11-7-5-4-6-10(2)15-11/h10-11H,3-9H2,1-2H3. The Morgan fingerprint density at radius 2 is 2.13 bits per heavy atom. The Bertz CT molecular complexity index is 191. The topological polar surface area (TPSA) is 35.5 Å². The van der Waals surface area contributed by atoms with E-state index in [1.165, 1.54) is 12.8 Å². The maximum atomic E-state index is 10.9. The Morgan fingerprint density at radius 1 is 1.40 bits per heavy atom. The first-order valence-electron chi connectivity index (χ1n) is 6.03. The second-order valence-corrected chi connectivity index (χ2v) is 4.22. The van der Waals surface area contributed by atoms with Crippen LogP contribution in [-0.4, -0.2) is 24.8 Å². The van der Waals surface area contributed by atoms with Gasteiger partial charge in [0.2, 0.25) is 0 Å². The van der Waals surface area contributed by atoms with Crippen LogP contribution in [-0.2, 0) is 14.3 Å². The normalized spacial score (nSPS) is 27.1. The van der Waals surface area contributed by atoms with Crippen molar-refractivity contribution in [2.24, 2.45) is 0 Å². The monoisotopic (exact) mass is 214 g/mol. The minimum Gasteiger partial charge on any atom is -0.466 e. The molecule has 0 aromatic carbocycles. The lowest BCUT2D eigenvalue weighted by atomic mass is 10.1. The fourth-order valence-electron chi connectivity index (χ4n) is 1.89. The lowest BCUT2D eigenvalue weighted by Crippen LogP contribution is -2.20. The summed E-state index contributed by atoms with van der Waals surface area (Å²) in [7, 11) is 0. The second-order valence-electron chi connectivity index (χ2n) is 4.22. The Balaban J connectivity index is 2.16. The zero-order valence-electron chi connectivity index (χ0n) is 9.83. The van der Waals surface area contributed by atoms with Gasteiger partial charge in [-0.05, 0) is 19.8 Å². The summed E-state index contributed by atoms with van der Waals surface area (Å²) in [4.78, 5) is 10.9. The molecule has 88 valence electrons. The smallest absolute Gasteiger partial charge is 0.305 e. The highest BCUT2D eigenvalue weighted by Gasteiger charge is 2.17. The molecule has 0 N–H and O–H groups in total. The van der Waals surface area contributed by atoms with Gasteiger partial charge in [0.05, 0.1) is 18.8 Å². The molecule has 1 saturated heterocycles. The minimum atomic E-state index is -0.114. The highest BCUT2D eigenvalue weighted by molar-refractivity contribution is 5.68. The molecular formula is C12H22O3. The number of rotatable bonds is 4. The summed E-state index contributed by atoms with van der Waals surface area (Å²) in [5, 5.41) is 0. The van der Waals surface area contributed by atoms with E-state index in [0.29, 0.717) is 19.1 Å². The van der Waals surface area contributed by atoms with E-state index >= 15 is 0 Å². The van der Waals surface area contributed by atoms with Crippen LogP contribution in [0.4, 0.5) is 0 Å². The zero-order chi connectivity index (χ0) is 11.1. The number of hydrogen-bond acceptors (Lipinski definition) is 3. The molecule has 0 radical (unpaired) electrons. The van der Waals surface area contributed by atoms with Gasteiger partial charge in [-0.2, -0.15) is 0 Å². The van der Waals surface area contributed by atoms with Crippen molar-refractivity contribution in [1.82, 2.24) is 0 Å². The predicted octanol–water partition coefficient (Wildman–Crippen LogP) is 2.68. The molecule has 1 aliphatic rings. The number of hydrogen-bond donors (Lipinski definition) is 0. The van der Waals surface area contributed by atoms with Crippen molar-refractivity contribution in [3.05, 3.63) is 0 Å².